The molecule has 2 aromatic carbocycles. The summed E-state index contributed by atoms with van der Waals surface area (Å²) in [4.78, 5) is 19.6. The molecular formula is C19H29IrNO2P-3. The molecule has 0 aromatic heterocycles. The Kier molecular flexibility index (Phi) is 16.1. The molecule has 2 aromatic rings. The van der Waals surface area contributed by atoms with Crippen LogP contribution >= 0.6 is 8.53 Å². The van der Waals surface area contributed by atoms with Gasteiger partial charge in [-0.15, -0.1) is 4.67 Å². The SMILES string of the molecule is [CH2-][C@@H](c1ccccc1)N([C@@H](C)c1ccccc1)[PH+](O)O.[CH3-].[CH3-].[CH3-].[Ir]. The van der Waals surface area contributed by atoms with Crippen LogP contribution in [0.3, 0.4) is 0 Å². The zero-order valence-electron chi connectivity index (χ0n) is 14.8. The van der Waals surface area contributed by atoms with Crippen LogP contribution in [0.15, 0.2) is 60.7 Å². The summed E-state index contributed by atoms with van der Waals surface area (Å²) in [5, 5.41) is 0. The maximum atomic E-state index is 9.82. The first-order chi connectivity index (χ1) is 9.61. The Morgan fingerprint density at radius 1 is 0.833 bits per heavy atom. The van der Waals surface area contributed by atoms with Crippen molar-refractivity contribution in [1.82, 2.24) is 4.67 Å². The van der Waals surface area contributed by atoms with E-state index >= 15 is 0 Å². The van der Waals surface area contributed by atoms with E-state index in [-0.39, 0.29) is 54.5 Å². The van der Waals surface area contributed by atoms with Gasteiger partial charge in [-0.3, -0.25) is 0 Å². The molecule has 0 saturated carbocycles. The maximum Gasteiger partial charge on any atom is 0.327 e. The van der Waals surface area contributed by atoms with Crippen molar-refractivity contribution in [3.63, 3.8) is 0 Å². The van der Waals surface area contributed by atoms with Crippen molar-refractivity contribution >= 4 is 8.53 Å². The molecule has 0 saturated heterocycles. The van der Waals surface area contributed by atoms with Gasteiger partial charge < -0.3 is 29.2 Å². The Morgan fingerprint density at radius 3 is 1.58 bits per heavy atom. The molecule has 139 valence electrons. The molecular weight excluding hydrogens is 497 g/mol. The summed E-state index contributed by atoms with van der Waals surface area (Å²) in [5.41, 5.74) is 2.02. The normalized spacial score (nSPS) is 12.1. The molecule has 5 heteroatoms. The fourth-order valence-corrected chi connectivity index (χ4v) is 3.23. The predicted molar refractivity (Wildman–Crippen MR) is 103 cm³/mol. The van der Waals surface area contributed by atoms with E-state index in [2.05, 4.69) is 6.92 Å². The van der Waals surface area contributed by atoms with Gasteiger partial charge in [0.25, 0.3) is 0 Å². The third-order valence-electron chi connectivity index (χ3n) is 3.45. The van der Waals surface area contributed by atoms with Gasteiger partial charge in [0.15, 0.2) is 0 Å². The Morgan fingerprint density at radius 2 is 1.21 bits per heavy atom. The van der Waals surface area contributed by atoms with E-state index in [0.29, 0.717) is 0 Å². The van der Waals surface area contributed by atoms with E-state index in [1.54, 1.807) is 4.67 Å². The second-order valence-corrected chi connectivity index (χ2v) is 5.84. The van der Waals surface area contributed by atoms with Crippen molar-refractivity contribution in [2.75, 3.05) is 0 Å². The average Bonchev–Trinajstić information content (AvgIpc) is 2.48. The first kappa shape index (κ1) is 28.2. The predicted octanol–water partition coefficient (Wildman–Crippen LogP) is 4.92. The molecule has 1 radical (unpaired) electrons. The monoisotopic (exact) mass is 527 g/mol. The molecule has 0 spiro atoms. The molecule has 0 heterocycles. The molecule has 0 aliphatic rings. The summed E-state index contributed by atoms with van der Waals surface area (Å²) in [5.74, 6) is 0. The van der Waals surface area contributed by atoms with Gasteiger partial charge in [0, 0.05) is 20.1 Å². The average molecular weight is 527 g/mol. The van der Waals surface area contributed by atoms with Gasteiger partial charge in [0.1, 0.15) is 0 Å². The van der Waals surface area contributed by atoms with Gasteiger partial charge >= 0.3 is 8.53 Å². The summed E-state index contributed by atoms with van der Waals surface area (Å²) >= 11 is 0. The molecule has 2 rings (SSSR count). The fraction of sp³-hybridized carbons (Fsp3) is 0.158. The Hall–Kier alpha value is -0.601. The van der Waals surface area contributed by atoms with Crippen LogP contribution in [-0.4, -0.2) is 14.5 Å². The number of rotatable bonds is 5. The first-order valence-electron chi connectivity index (χ1n) is 6.57. The number of hydrogen-bond acceptors (Lipinski definition) is 3. The van der Waals surface area contributed by atoms with Crippen LogP contribution < -0.4 is 0 Å². The standard InChI is InChI=1S/C16H19NO2P.3CH3.Ir/c1-13(15-9-5-3-6-10-15)17(20(18)19)14(2)16-11-7-4-8-12-16;;;;/h3-14,18-19H,1H2,2H3;3*1H3;/q4*-1;/p+1/t13-,14-;;;;/m0..../s1. The molecule has 2 atom stereocenters. The maximum absolute atomic E-state index is 9.82. The number of benzene rings is 2. The largest absolute Gasteiger partial charge is 0.358 e. The number of nitrogens with zero attached hydrogens (tertiary/aromatic N) is 1. The van der Waals surface area contributed by atoms with Crippen LogP contribution in [0, 0.1) is 29.2 Å². The molecule has 3 nitrogen and oxygen atoms in total. The molecule has 2 N–H and O–H groups in total. The smallest absolute Gasteiger partial charge is 0.327 e. The van der Waals surface area contributed by atoms with E-state index < -0.39 is 8.53 Å². The van der Waals surface area contributed by atoms with E-state index in [0.717, 1.165) is 11.1 Å². The van der Waals surface area contributed by atoms with E-state index in [4.69, 9.17) is 0 Å². The third-order valence-corrected chi connectivity index (χ3v) is 4.61. The second kappa shape index (κ2) is 13.7. The van der Waals surface area contributed by atoms with Crippen LogP contribution in [-0.2, 0) is 20.1 Å². The molecule has 0 aliphatic carbocycles. The molecule has 24 heavy (non-hydrogen) atoms. The van der Waals surface area contributed by atoms with Crippen LogP contribution in [0.4, 0.5) is 0 Å². The van der Waals surface area contributed by atoms with E-state index in [9.17, 15) is 9.79 Å². The summed E-state index contributed by atoms with van der Waals surface area (Å²) in [6.07, 6.45) is 0. The van der Waals surface area contributed by atoms with Gasteiger partial charge in [-0.1, -0.05) is 72.3 Å². The van der Waals surface area contributed by atoms with Crippen molar-refractivity contribution in [1.29, 1.82) is 0 Å². The van der Waals surface area contributed by atoms with Crippen molar-refractivity contribution in [3.8, 4) is 0 Å². The Balaban J connectivity index is -0.00000110. The topological polar surface area (TPSA) is 43.7 Å². The molecule has 0 fully saturated rings. The molecule has 0 aliphatic heterocycles. The zero-order chi connectivity index (χ0) is 14.5. The van der Waals surface area contributed by atoms with Gasteiger partial charge in [0.05, 0.1) is 6.04 Å². The minimum Gasteiger partial charge on any atom is -0.358 e. The third kappa shape index (κ3) is 7.11. The molecule has 0 amide bonds. The summed E-state index contributed by atoms with van der Waals surface area (Å²) < 4.78 is 1.68. The quantitative estimate of drug-likeness (QED) is 0.430. The van der Waals surface area contributed by atoms with E-state index in [1.807, 2.05) is 67.6 Å². The Labute approximate surface area is 163 Å². The van der Waals surface area contributed by atoms with Crippen LogP contribution in [0.2, 0.25) is 0 Å². The molecule has 0 unspecified atom stereocenters. The van der Waals surface area contributed by atoms with Crippen molar-refractivity contribution < 1.29 is 29.9 Å². The second-order valence-electron chi connectivity index (χ2n) is 4.72. The molecule has 0 bridgehead atoms. The Bertz CT molecular complexity index is 480. The number of hydrogen-bond donors (Lipinski definition) is 2. The van der Waals surface area contributed by atoms with Gasteiger partial charge in [0.2, 0.25) is 0 Å². The van der Waals surface area contributed by atoms with Crippen molar-refractivity contribution in [3.05, 3.63) is 101 Å². The van der Waals surface area contributed by atoms with Gasteiger partial charge in [-0.05, 0) is 12.5 Å². The summed E-state index contributed by atoms with van der Waals surface area (Å²) in [6.45, 7) is 6.07. The van der Waals surface area contributed by atoms with Crippen LogP contribution in [0.25, 0.3) is 0 Å². The van der Waals surface area contributed by atoms with Gasteiger partial charge in [-0.25, -0.2) is 9.79 Å². The van der Waals surface area contributed by atoms with Crippen LogP contribution in [0.5, 0.6) is 0 Å². The summed E-state index contributed by atoms with van der Waals surface area (Å²) in [6, 6.07) is 19.1. The minimum absolute atomic E-state index is 0. The zero-order valence-corrected chi connectivity index (χ0v) is 18.2. The van der Waals surface area contributed by atoms with Crippen LogP contribution in [0.1, 0.15) is 30.1 Å². The van der Waals surface area contributed by atoms with E-state index in [1.165, 1.54) is 0 Å². The first-order valence-corrected chi connectivity index (χ1v) is 7.91. The van der Waals surface area contributed by atoms with Gasteiger partial charge in [-0.2, -0.15) is 0 Å². The fourth-order valence-electron chi connectivity index (χ4n) is 2.31. The minimum atomic E-state index is -2.59. The van der Waals surface area contributed by atoms with Crippen molar-refractivity contribution in [2.45, 2.75) is 19.0 Å². The summed E-state index contributed by atoms with van der Waals surface area (Å²) in [7, 11) is -2.59. The van der Waals surface area contributed by atoms with Crippen molar-refractivity contribution in [2.24, 2.45) is 0 Å².